The van der Waals surface area contributed by atoms with Crippen molar-refractivity contribution in [2.75, 3.05) is 20.3 Å². The van der Waals surface area contributed by atoms with Crippen LogP contribution in [-0.2, 0) is 29.0 Å². The number of nitrogens with zero attached hydrogens (tertiary/aromatic N) is 2. The van der Waals surface area contributed by atoms with Gasteiger partial charge < -0.3 is 19.2 Å². The second kappa shape index (κ2) is 8.49. The van der Waals surface area contributed by atoms with Gasteiger partial charge in [0.15, 0.2) is 0 Å². The van der Waals surface area contributed by atoms with Gasteiger partial charge in [-0.15, -0.1) is 0 Å². The number of carbonyl (C=O) groups is 1. The third kappa shape index (κ3) is 4.17. The molecule has 4 aromatic rings. The molecule has 0 atom stereocenters. The number of benzene rings is 2. The van der Waals surface area contributed by atoms with E-state index < -0.39 is 0 Å². The van der Waals surface area contributed by atoms with Gasteiger partial charge in [0.1, 0.15) is 5.82 Å². The van der Waals surface area contributed by atoms with Gasteiger partial charge in [-0.2, -0.15) is 0 Å². The maximum absolute atomic E-state index is 13.5. The van der Waals surface area contributed by atoms with Gasteiger partial charge >= 0.3 is 0 Å². The molecule has 1 amide bonds. The zero-order valence-corrected chi connectivity index (χ0v) is 16.4. The molecule has 29 heavy (non-hydrogen) atoms. The molecule has 0 fully saturated rings. The van der Waals surface area contributed by atoms with Gasteiger partial charge in [0, 0.05) is 50.0 Å². The molecule has 2 aromatic heterocycles. The largest absolute Gasteiger partial charge is 0.383 e. The van der Waals surface area contributed by atoms with Crippen molar-refractivity contribution in [1.29, 1.82) is 0 Å². The molecule has 0 spiro atoms. The van der Waals surface area contributed by atoms with E-state index in [4.69, 9.17) is 4.74 Å². The van der Waals surface area contributed by atoms with Crippen LogP contribution in [0.3, 0.4) is 0 Å². The van der Waals surface area contributed by atoms with Gasteiger partial charge in [-0.1, -0.05) is 18.2 Å². The van der Waals surface area contributed by atoms with Crippen molar-refractivity contribution in [2.45, 2.75) is 19.5 Å². The lowest BCUT2D eigenvalue weighted by atomic mass is 10.1. The highest BCUT2D eigenvalue weighted by Gasteiger charge is 2.12. The maximum atomic E-state index is 13.5. The van der Waals surface area contributed by atoms with Crippen molar-refractivity contribution in [1.82, 2.24) is 14.5 Å². The molecule has 5 nitrogen and oxygen atoms in total. The molecular formula is C23H24FN3O2. The first-order chi connectivity index (χ1) is 14.2. The van der Waals surface area contributed by atoms with Crippen LogP contribution in [0.25, 0.3) is 21.8 Å². The van der Waals surface area contributed by atoms with Gasteiger partial charge in [0.2, 0.25) is 5.91 Å². The van der Waals surface area contributed by atoms with Gasteiger partial charge in [0.25, 0.3) is 0 Å². The average Bonchev–Trinajstić information content (AvgIpc) is 3.28. The van der Waals surface area contributed by atoms with E-state index in [1.807, 2.05) is 41.2 Å². The first-order valence-corrected chi connectivity index (χ1v) is 9.72. The summed E-state index contributed by atoms with van der Waals surface area (Å²) in [5, 5.41) is 5.05. The Morgan fingerprint density at radius 3 is 2.79 bits per heavy atom. The number of hydrogen-bond acceptors (Lipinski definition) is 2. The minimum atomic E-state index is -0.258. The summed E-state index contributed by atoms with van der Waals surface area (Å²) in [6.07, 6.45) is 4.27. The number of aromatic nitrogens is 2. The van der Waals surface area contributed by atoms with Gasteiger partial charge in [-0.3, -0.25) is 4.79 Å². The number of methoxy groups -OCH3 is 1. The number of carbonyl (C=O) groups excluding carboxylic acids is 1. The summed E-state index contributed by atoms with van der Waals surface area (Å²) in [4.78, 5) is 12.5. The standard InChI is InChI=1S/C23H24FN3O2/c1-29-13-12-27-16-18(20-4-2-3-5-21(20)27)14-23(28)25-9-11-26-10-8-17-6-7-19(24)15-22(17)26/h2-8,10,15-16H,9,11-14H2,1H3,(H,25,28). The quantitative estimate of drug-likeness (QED) is 0.496. The summed E-state index contributed by atoms with van der Waals surface area (Å²) in [7, 11) is 1.68. The highest BCUT2D eigenvalue weighted by atomic mass is 19.1. The molecule has 6 heteroatoms. The molecule has 0 aliphatic rings. The highest BCUT2D eigenvalue weighted by Crippen LogP contribution is 2.22. The molecule has 0 radical (unpaired) electrons. The lowest BCUT2D eigenvalue weighted by molar-refractivity contribution is -0.120. The Balaban J connectivity index is 1.40. The Kier molecular flexibility index (Phi) is 5.62. The van der Waals surface area contributed by atoms with Gasteiger partial charge in [-0.05, 0) is 41.3 Å². The molecule has 0 saturated carbocycles. The Bertz CT molecular complexity index is 1150. The van der Waals surface area contributed by atoms with Crippen molar-refractivity contribution in [3.63, 3.8) is 0 Å². The third-order valence-corrected chi connectivity index (χ3v) is 5.17. The van der Waals surface area contributed by atoms with Crippen LogP contribution < -0.4 is 5.32 Å². The summed E-state index contributed by atoms with van der Waals surface area (Å²) in [5.74, 6) is -0.284. The lowest BCUT2D eigenvalue weighted by Gasteiger charge is -2.08. The second-order valence-corrected chi connectivity index (χ2v) is 7.10. The molecule has 2 aromatic carbocycles. The molecule has 150 valence electrons. The SMILES string of the molecule is COCCn1cc(CC(=O)NCCn2ccc3ccc(F)cc32)c2ccccc21. The van der Waals surface area contributed by atoms with E-state index in [0.29, 0.717) is 26.1 Å². The van der Waals surface area contributed by atoms with E-state index >= 15 is 0 Å². The fourth-order valence-corrected chi connectivity index (χ4v) is 3.74. The van der Waals surface area contributed by atoms with E-state index in [0.717, 1.165) is 33.9 Å². The number of halogens is 1. The van der Waals surface area contributed by atoms with Crippen molar-refractivity contribution in [2.24, 2.45) is 0 Å². The van der Waals surface area contributed by atoms with E-state index in [1.54, 1.807) is 13.2 Å². The van der Waals surface area contributed by atoms with E-state index in [-0.39, 0.29) is 11.7 Å². The zero-order valence-electron chi connectivity index (χ0n) is 16.4. The summed E-state index contributed by atoms with van der Waals surface area (Å²) >= 11 is 0. The van der Waals surface area contributed by atoms with Crippen molar-refractivity contribution < 1.29 is 13.9 Å². The van der Waals surface area contributed by atoms with Crippen LogP contribution in [0.5, 0.6) is 0 Å². The predicted octanol–water partition coefficient (Wildman–Crippen LogP) is 3.74. The Morgan fingerprint density at radius 1 is 1.07 bits per heavy atom. The number of amides is 1. The molecular weight excluding hydrogens is 369 g/mol. The summed E-state index contributed by atoms with van der Waals surface area (Å²) in [5.41, 5.74) is 2.94. The fourth-order valence-electron chi connectivity index (χ4n) is 3.74. The first-order valence-electron chi connectivity index (χ1n) is 9.72. The van der Waals surface area contributed by atoms with Crippen molar-refractivity contribution in [3.05, 3.63) is 72.3 Å². The second-order valence-electron chi connectivity index (χ2n) is 7.10. The molecule has 2 heterocycles. The van der Waals surface area contributed by atoms with Crippen LogP contribution in [0.2, 0.25) is 0 Å². The van der Waals surface area contributed by atoms with Crippen LogP contribution >= 0.6 is 0 Å². The summed E-state index contributed by atoms with van der Waals surface area (Å²) in [6.45, 7) is 2.45. The number of nitrogens with one attached hydrogen (secondary N) is 1. The zero-order chi connectivity index (χ0) is 20.2. The molecule has 0 aliphatic carbocycles. The lowest BCUT2D eigenvalue weighted by Crippen LogP contribution is -2.28. The Labute approximate surface area is 168 Å². The fraction of sp³-hybridized carbons (Fsp3) is 0.261. The summed E-state index contributed by atoms with van der Waals surface area (Å²) in [6, 6.07) is 14.8. The average molecular weight is 393 g/mol. The van der Waals surface area contributed by atoms with Crippen molar-refractivity contribution >= 4 is 27.7 Å². The monoisotopic (exact) mass is 393 g/mol. The van der Waals surface area contributed by atoms with Crippen LogP contribution in [0, 0.1) is 5.82 Å². The molecule has 0 unspecified atom stereocenters. The van der Waals surface area contributed by atoms with E-state index in [2.05, 4.69) is 16.0 Å². The molecule has 0 bridgehead atoms. The maximum Gasteiger partial charge on any atom is 0.224 e. The van der Waals surface area contributed by atoms with Gasteiger partial charge in [0.05, 0.1) is 18.5 Å². The Morgan fingerprint density at radius 2 is 1.93 bits per heavy atom. The predicted molar refractivity (Wildman–Crippen MR) is 112 cm³/mol. The van der Waals surface area contributed by atoms with Crippen LogP contribution in [0.15, 0.2) is 60.9 Å². The molecule has 1 N–H and O–H groups in total. The highest BCUT2D eigenvalue weighted by molar-refractivity contribution is 5.89. The van der Waals surface area contributed by atoms with E-state index in [1.165, 1.54) is 12.1 Å². The number of hydrogen-bond donors (Lipinski definition) is 1. The minimum Gasteiger partial charge on any atom is -0.383 e. The van der Waals surface area contributed by atoms with Crippen LogP contribution in [0.1, 0.15) is 5.56 Å². The van der Waals surface area contributed by atoms with Gasteiger partial charge in [-0.25, -0.2) is 4.39 Å². The van der Waals surface area contributed by atoms with E-state index in [9.17, 15) is 9.18 Å². The van der Waals surface area contributed by atoms with Crippen LogP contribution in [0.4, 0.5) is 4.39 Å². The Hall–Kier alpha value is -3.12. The number of rotatable bonds is 8. The third-order valence-electron chi connectivity index (χ3n) is 5.17. The molecule has 0 saturated heterocycles. The minimum absolute atomic E-state index is 0.0257. The molecule has 0 aliphatic heterocycles. The smallest absolute Gasteiger partial charge is 0.224 e. The first kappa shape index (κ1) is 19.2. The normalized spacial score (nSPS) is 11.4. The number of fused-ring (bicyclic) bond motifs is 2. The summed E-state index contributed by atoms with van der Waals surface area (Å²) < 4.78 is 22.8. The topological polar surface area (TPSA) is 48.2 Å². The van der Waals surface area contributed by atoms with Crippen molar-refractivity contribution in [3.8, 4) is 0 Å². The number of para-hydroxylation sites is 1. The molecule has 4 rings (SSSR count). The number of ether oxygens (including phenoxy) is 1. The van der Waals surface area contributed by atoms with Crippen LogP contribution in [-0.4, -0.2) is 35.3 Å².